The van der Waals surface area contributed by atoms with Crippen LogP contribution in [0.25, 0.3) is 0 Å². The summed E-state index contributed by atoms with van der Waals surface area (Å²) in [6.45, 7) is 1.41. The number of nitrogens with one attached hydrogen (secondary N) is 3. The van der Waals surface area contributed by atoms with Gasteiger partial charge in [0.05, 0.1) is 6.20 Å². The molecule has 1 aromatic heterocycles. The van der Waals surface area contributed by atoms with Gasteiger partial charge in [0.1, 0.15) is 4.90 Å². The first-order valence-corrected chi connectivity index (χ1v) is 6.38. The van der Waals surface area contributed by atoms with Crippen molar-refractivity contribution in [3.8, 4) is 0 Å². The zero-order valence-electron chi connectivity index (χ0n) is 8.23. The normalized spacial score (nSPS) is 22.0. The van der Waals surface area contributed by atoms with Gasteiger partial charge in [-0.05, 0) is 19.4 Å². The molecule has 0 bridgehead atoms. The van der Waals surface area contributed by atoms with E-state index in [9.17, 15) is 8.42 Å². The van der Waals surface area contributed by atoms with Crippen LogP contribution >= 0.6 is 0 Å². The summed E-state index contributed by atoms with van der Waals surface area (Å²) in [6.07, 6.45) is 4.79. The van der Waals surface area contributed by atoms with Gasteiger partial charge in [-0.2, -0.15) is 5.10 Å². The minimum atomic E-state index is -3.39. The molecular weight excluding hydrogens is 216 g/mol. The zero-order valence-corrected chi connectivity index (χ0v) is 9.05. The summed E-state index contributed by atoms with van der Waals surface area (Å²) in [5.74, 6) is 0. The van der Waals surface area contributed by atoms with E-state index in [0.29, 0.717) is 6.54 Å². The topological polar surface area (TPSA) is 86.9 Å². The Morgan fingerprint density at radius 3 is 3.07 bits per heavy atom. The van der Waals surface area contributed by atoms with Gasteiger partial charge in [-0.3, -0.25) is 5.10 Å². The Morgan fingerprint density at radius 1 is 1.60 bits per heavy atom. The lowest BCUT2D eigenvalue weighted by Crippen LogP contribution is -2.37. The number of nitrogens with zero attached hydrogens (tertiary/aromatic N) is 1. The maximum Gasteiger partial charge on any atom is 0.243 e. The van der Waals surface area contributed by atoms with E-state index in [1.54, 1.807) is 0 Å². The summed E-state index contributed by atoms with van der Waals surface area (Å²) in [7, 11) is -3.39. The molecule has 1 aromatic rings. The summed E-state index contributed by atoms with van der Waals surface area (Å²) in [6, 6.07) is 0.256. The number of H-pyrrole nitrogens is 1. The van der Waals surface area contributed by atoms with Gasteiger partial charge < -0.3 is 5.32 Å². The molecule has 0 aromatic carbocycles. The maximum atomic E-state index is 11.7. The molecule has 6 nitrogen and oxygen atoms in total. The Hall–Kier alpha value is -0.920. The Labute approximate surface area is 88.5 Å². The molecule has 0 amide bonds. The maximum absolute atomic E-state index is 11.7. The molecule has 1 aliphatic heterocycles. The van der Waals surface area contributed by atoms with E-state index >= 15 is 0 Å². The zero-order chi connectivity index (χ0) is 10.7. The first-order valence-electron chi connectivity index (χ1n) is 4.90. The fraction of sp³-hybridized carbons (Fsp3) is 0.625. The average Bonchev–Trinajstić information content (AvgIpc) is 2.88. The minimum absolute atomic E-state index is 0.181. The molecule has 0 spiro atoms. The van der Waals surface area contributed by atoms with E-state index in [1.165, 1.54) is 12.4 Å². The molecule has 1 atom stereocenters. The van der Waals surface area contributed by atoms with Gasteiger partial charge in [0, 0.05) is 18.8 Å². The second-order valence-electron chi connectivity index (χ2n) is 3.58. The van der Waals surface area contributed by atoms with Crippen molar-refractivity contribution in [2.45, 2.75) is 23.8 Å². The van der Waals surface area contributed by atoms with E-state index in [1.807, 2.05) is 0 Å². The average molecular weight is 230 g/mol. The van der Waals surface area contributed by atoms with Crippen LogP contribution in [0, 0.1) is 0 Å². The van der Waals surface area contributed by atoms with Gasteiger partial charge in [0.2, 0.25) is 10.0 Å². The summed E-state index contributed by atoms with van der Waals surface area (Å²) < 4.78 is 25.9. The van der Waals surface area contributed by atoms with E-state index in [2.05, 4.69) is 20.2 Å². The molecule has 2 rings (SSSR count). The third kappa shape index (κ3) is 2.55. The molecule has 1 unspecified atom stereocenters. The van der Waals surface area contributed by atoms with Gasteiger partial charge >= 0.3 is 0 Å². The lowest BCUT2D eigenvalue weighted by atomic mass is 10.2. The molecule has 0 radical (unpaired) electrons. The molecule has 0 saturated carbocycles. The smallest absolute Gasteiger partial charge is 0.243 e. The van der Waals surface area contributed by atoms with Gasteiger partial charge in [-0.15, -0.1) is 0 Å². The molecule has 7 heteroatoms. The van der Waals surface area contributed by atoms with Crippen LogP contribution in [-0.4, -0.2) is 37.7 Å². The molecule has 0 aliphatic carbocycles. The third-order valence-corrected chi connectivity index (χ3v) is 3.86. The lowest BCUT2D eigenvalue weighted by Gasteiger charge is -2.10. The first-order chi connectivity index (χ1) is 7.18. The second-order valence-corrected chi connectivity index (χ2v) is 5.35. The molecule has 3 N–H and O–H groups in total. The van der Waals surface area contributed by atoms with Crippen molar-refractivity contribution >= 4 is 10.0 Å². The van der Waals surface area contributed by atoms with Crippen molar-refractivity contribution in [3.05, 3.63) is 12.4 Å². The second kappa shape index (κ2) is 4.30. The van der Waals surface area contributed by atoms with Crippen molar-refractivity contribution in [2.75, 3.05) is 13.1 Å². The molecular formula is C8H14N4O2S. The van der Waals surface area contributed by atoms with Crippen LogP contribution in [0.2, 0.25) is 0 Å². The van der Waals surface area contributed by atoms with Crippen molar-refractivity contribution < 1.29 is 8.42 Å². The van der Waals surface area contributed by atoms with Crippen molar-refractivity contribution in [3.63, 3.8) is 0 Å². The van der Waals surface area contributed by atoms with E-state index in [0.717, 1.165) is 19.4 Å². The number of hydrogen-bond acceptors (Lipinski definition) is 4. The fourth-order valence-corrected chi connectivity index (χ4v) is 2.60. The van der Waals surface area contributed by atoms with Gasteiger partial charge in [0.15, 0.2) is 0 Å². The van der Waals surface area contributed by atoms with E-state index in [4.69, 9.17) is 0 Å². The monoisotopic (exact) mass is 230 g/mol. The van der Waals surface area contributed by atoms with Gasteiger partial charge in [-0.25, -0.2) is 13.1 Å². The SMILES string of the molecule is O=S(=O)(NCC1CCCN1)c1cn[nH]c1. The molecule has 15 heavy (non-hydrogen) atoms. The Kier molecular flexibility index (Phi) is 3.03. The van der Waals surface area contributed by atoms with Crippen LogP contribution in [0.4, 0.5) is 0 Å². The molecule has 84 valence electrons. The summed E-state index contributed by atoms with van der Waals surface area (Å²) in [4.78, 5) is 0.181. The van der Waals surface area contributed by atoms with Gasteiger partial charge in [-0.1, -0.05) is 0 Å². The molecule has 1 saturated heterocycles. The van der Waals surface area contributed by atoms with Crippen LogP contribution in [0.1, 0.15) is 12.8 Å². The number of rotatable bonds is 4. The molecule has 1 aliphatic rings. The predicted molar refractivity (Wildman–Crippen MR) is 54.8 cm³/mol. The van der Waals surface area contributed by atoms with Crippen molar-refractivity contribution in [1.82, 2.24) is 20.2 Å². The number of aromatic nitrogens is 2. The predicted octanol–water partition coefficient (Wildman–Crippen LogP) is -0.560. The standard InChI is InChI=1S/C8H14N4O2S/c13-15(14,8-5-10-11-6-8)12-4-7-2-1-3-9-7/h5-7,9,12H,1-4H2,(H,10,11). The highest BCUT2D eigenvalue weighted by atomic mass is 32.2. The molecule has 1 fully saturated rings. The van der Waals surface area contributed by atoms with Crippen LogP contribution in [0.5, 0.6) is 0 Å². The van der Waals surface area contributed by atoms with Crippen LogP contribution in [0.3, 0.4) is 0 Å². The molecule has 2 heterocycles. The first kappa shape index (κ1) is 10.6. The number of hydrogen-bond donors (Lipinski definition) is 3. The largest absolute Gasteiger partial charge is 0.313 e. The Balaban J connectivity index is 1.93. The number of aromatic amines is 1. The Morgan fingerprint density at radius 2 is 2.47 bits per heavy atom. The van der Waals surface area contributed by atoms with Crippen LogP contribution < -0.4 is 10.0 Å². The van der Waals surface area contributed by atoms with E-state index in [-0.39, 0.29) is 10.9 Å². The third-order valence-electron chi connectivity index (χ3n) is 2.47. The van der Waals surface area contributed by atoms with Crippen molar-refractivity contribution in [2.24, 2.45) is 0 Å². The lowest BCUT2D eigenvalue weighted by molar-refractivity contribution is 0.552. The number of sulfonamides is 1. The van der Waals surface area contributed by atoms with Crippen LogP contribution in [0.15, 0.2) is 17.3 Å². The van der Waals surface area contributed by atoms with Crippen molar-refractivity contribution in [1.29, 1.82) is 0 Å². The quantitative estimate of drug-likeness (QED) is 0.647. The van der Waals surface area contributed by atoms with Crippen LogP contribution in [-0.2, 0) is 10.0 Å². The Bertz CT molecular complexity index is 394. The highest BCUT2D eigenvalue weighted by Crippen LogP contribution is 2.07. The highest BCUT2D eigenvalue weighted by Gasteiger charge is 2.19. The fourth-order valence-electron chi connectivity index (χ4n) is 1.61. The van der Waals surface area contributed by atoms with E-state index < -0.39 is 10.0 Å². The summed E-state index contributed by atoms with van der Waals surface area (Å²) in [5.41, 5.74) is 0. The summed E-state index contributed by atoms with van der Waals surface area (Å²) >= 11 is 0. The minimum Gasteiger partial charge on any atom is -0.313 e. The van der Waals surface area contributed by atoms with Gasteiger partial charge in [0.25, 0.3) is 0 Å². The summed E-state index contributed by atoms with van der Waals surface area (Å²) in [5, 5.41) is 9.31. The highest BCUT2D eigenvalue weighted by molar-refractivity contribution is 7.89.